The lowest BCUT2D eigenvalue weighted by molar-refractivity contribution is -0.139. The maximum atomic E-state index is 13.1. The minimum atomic E-state index is -4.16. The number of nitrogens with one attached hydrogen (secondary N) is 1. The van der Waals surface area contributed by atoms with Gasteiger partial charge in [0.05, 0.1) is 11.2 Å². The van der Waals surface area contributed by atoms with Crippen molar-refractivity contribution in [3.63, 3.8) is 0 Å². The number of aliphatic carboxylic acids is 1. The number of hydrogen-bond acceptors (Lipinski definition) is 5. The topological polar surface area (TPSA) is 114 Å². The first-order chi connectivity index (χ1) is 12.6. The van der Waals surface area contributed by atoms with Crippen molar-refractivity contribution in [2.75, 3.05) is 0 Å². The van der Waals surface area contributed by atoms with Crippen LogP contribution in [0, 0.1) is 20.8 Å². The number of sulfonamides is 1. The Morgan fingerprint density at radius 1 is 1.22 bits per heavy atom. The van der Waals surface area contributed by atoms with Gasteiger partial charge in [0.15, 0.2) is 0 Å². The van der Waals surface area contributed by atoms with E-state index in [2.05, 4.69) is 14.8 Å². The van der Waals surface area contributed by atoms with Crippen LogP contribution in [-0.2, 0) is 21.9 Å². The fourth-order valence-electron chi connectivity index (χ4n) is 3.21. The van der Waals surface area contributed by atoms with Crippen molar-refractivity contribution in [2.45, 2.75) is 31.7 Å². The fraction of sp³-hybridized carbons (Fsp3) is 0.278. The monoisotopic (exact) mass is 388 g/mol. The van der Waals surface area contributed by atoms with Crippen molar-refractivity contribution >= 4 is 26.9 Å². The molecule has 1 unspecified atom stereocenters. The molecule has 0 saturated carbocycles. The van der Waals surface area contributed by atoms with Crippen LogP contribution in [0.4, 0.5) is 0 Å². The van der Waals surface area contributed by atoms with Crippen LogP contribution in [0.2, 0.25) is 0 Å². The molecule has 1 aromatic carbocycles. The van der Waals surface area contributed by atoms with E-state index in [0.29, 0.717) is 33.4 Å². The van der Waals surface area contributed by atoms with Gasteiger partial charge in [-0.3, -0.25) is 14.5 Å². The zero-order valence-electron chi connectivity index (χ0n) is 15.4. The molecular weight excluding hydrogens is 368 g/mol. The number of hydrogen-bond donors (Lipinski definition) is 2. The van der Waals surface area contributed by atoms with Crippen molar-refractivity contribution in [1.29, 1.82) is 0 Å². The molecule has 3 aromatic rings. The highest BCUT2D eigenvalue weighted by atomic mass is 32.2. The van der Waals surface area contributed by atoms with Crippen LogP contribution >= 0.6 is 0 Å². The number of carboxylic acid groups (broad SMARTS) is 1. The SMILES string of the molecule is Cc1ccc2cccnc2c1S(=O)(=O)NC(C(=O)O)c1c(C)nn(C)c1C. The predicted octanol–water partition coefficient (Wildman–Crippen LogP) is 2.00. The quantitative estimate of drug-likeness (QED) is 0.691. The van der Waals surface area contributed by atoms with E-state index < -0.39 is 22.0 Å². The third-order valence-corrected chi connectivity index (χ3v) is 6.17. The highest BCUT2D eigenvalue weighted by Crippen LogP contribution is 2.28. The second kappa shape index (κ2) is 6.75. The zero-order valence-corrected chi connectivity index (χ0v) is 16.2. The first kappa shape index (κ1) is 19.0. The average Bonchev–Trinajstić information content (AvgIpc) is 2.84. The summed E-state index contributed by atoms with van der Waals surface area (Å²) >= 11 is 0. The van der Waals surface area contributed by atoms with Gasteiger partial charge in [0.1, 0.15) is 10.9 Å². The largest absolute Gasteiger partial charge is 0.480 e. The molecule has 1 atom stereocenters. The molecule has 0 spiro atoms. The van der Waals surface area contributed by atoms with Crippen molar-refractivity contribution in [1.82, 2.24) is 19.5 Å². The minimum absolute atomic E-state index is 0.0222. The van der Waals surface area contributed by atoms with E-state index in [9.17, 15) is 18.3 Å². The molecule has 142 valence electrons. The summed E-state index contributed by atoms with van der Waals surface area (Å²) in [7, 11) is -2.49. The summed E-state index contributed by atoms with van der Waals surface area (Å²) in [5, 5.41) is 14.5. The minimum Gasteiger partial charge on any atom is -0.480 e. The van der Waals surface area contributed by atoms with E-state index in [4.69, 9.17) is 0 Å². The molecule has 2 N–H and O–H groups in total. The third-order valence-electron chi connectivity index (χ3n) is 4.57. The summed E-state index contributed by atoms with van der Waals surface area (Å²) in [6.07, 6.45) is 1.50. The Hall–Kier alpha value is -2.78. The first-order valence-corrected chi connectivity index (χ1v) is 9.71. The Morgan fingerprint density at radius 3 is 2.52 bits per heavy atom. The van der Waals surface area contributed by atoms with E-state index >= 15 is 0 Å². The molecule has 0 bridgehead atoms. The molecule has 2 heterocycles. The van der Waals surface area contributed by atoms with Gasteiger partial charge in [-0.1, -0.05) is 18.2 Å². The van der Waals surface area contributed by atoms with Crippen molar-refractivity contribution < 1.29 is 18.3 Å². The number of rotatable bonds is 5. The van der Waals surface area contributed by atoms with Gasteiger partial charge in [0, 0.05) is 29.9 Å². The molecule has 0 saturated heterocycles. The van der Waals surface area contributed by atoms with E-state index in [1.54, 1.807) is 52.1 Å². The third kappa shape index (κ3) is 3.31. The molecular formula is C18H20N4O4S. The number of pyridine rings is 1. The van der Waals surface area contributed by atoms with Crippen molar-refractivity contribution in [2.24, 2.45) is 7.05 Å². The van der Waals surface area contributed by atoms with Gasteiger partial charge in [-0.2, -0.15) is 9.82 Å². The Morgan fingerprint density at radius 2 is 1.93 bits per heavy atom. The normalized spacial score (nSPS) is 13.0. The maximum absolute atomic E-state index is 13.1. The summed E-state index contributed by atoms with van der Waals surface area (Å²) in [6.45, 7) is 5.00. The van der Waals surface area contributed by atoms with E-state index in [0.717, 1.165) is 0 Å². The average molecular weight is 388 g/mol. The van der Waals surface area contributed by atoms with E-state index in [-0.39, 0.29) is 4.90 Å². The predicted molar refractivity (Wildman–Crippen MR) is 99.9 cm³/mol. The number of aromatic nitrogens is 3. The molecule has 0 radical (unpaired) electrons. The van der Waals surface area contributed by atoms with Crippen molar-refractivity contribution in [3.05, 3.63) is 53.0 Å². The van der Waals surface area contributed by atoms with Gasteiger partial charge in [0.25, 0.3) is 0 Å². The maximum Gasteiger partial charge on any atom is 0.326 e. The lowest BCUT2D eigenvalue weighted by Crippen LogP contribution is -2.35. The van der Waals surface area contributed by atoms with Gasteiger partial charge in [-0.15, -0.1) is 0 Å². The smallest absolute Gasteiger partial charge is 0.326 e. The molecule has 2 aromatic heterocycles. The first-order valence-electron chi connectivity index (χ1n) is 8.23. The van der Waals surface area contributed by atoms with Crippen LogP contribution in [-0.4, -0.2) is 34.3 Å². The van der Waals surface area contributed by atoms with Crippen LogP contribution < -0.4 is 4.72 Å². The molecule has 0 amide bonds. The number of nitrogens with zero attached hydrogens (tertiary/aromatic N) is 3. The van der Waals surface area contributed by atoms with Crippen LogP contribution in [0.1, 0.15) is 28.6 Å². The Kier molecular flexibility index (Phi) is 4.75. The Labute approximate surface area is 156 Å². The molecule has 0 fully saturated rings. The van der Waals surface area contributed by atoms with Crippen molar-refractivity contribution in [3.8, 4) is 0 Å². The van der Waals surface area contributed by atoms with Crippen LogP contribution in [0.3, 0.4) is 0 Å². The molecule has 0 aliphatic rings. The second-order valence-electron chi connectivity index (χ2n) is 6.39. The van der Waals surface area contributed by atoms with Crippen LogP contribution in [0.5, 0.6) is 0 Å². The molecule has 0 aliphatic heterocycles. The van der Waals surface area contributed by atoms with Gasteiger partial charge in [0.2, 0.25) is 10.0 Å². The summed E-state index contributed by atoms with van der Waals surface area (Å²) in [5.74, 6) is -1.30. The summed E-state index contributed by atoms with van der Waals surface area (Å²) in [6, 6.07) is 5.46. The Balaban J connectivity index is 2.15. The number of aryl methyl sites for hydroxylation is 3. The summed E-state index contributed by atoms with van der Waals surface area (Å²) in [5.41, 5.74) is 2.15. The second-order valence-corrected chi connectivity index (χ2v) is 8.04. The lowest BCUT2D eigenvalue weighted by atomic mass is 10.1. The van der Waals surface area contributed by atoms with Gasteiger partial charge in [-0.25, -0.2) is 8.42 Å². The van der Waals surface area contributed by atoms with Gasteiger partial charge in [-0.05, 0) is 32.4 Å². The number of fused-ring (bicyclic) bond motifs is 1. The summed E-state index contributed by atoms with van der Waals surface area (Å²) < 4.78 is 30.1. The van der Waals surface area contributed by atoms with Gasteiger partial charge >= 0.3 is 5.97 Å². The summed E-state index contributed by atoms with van der Waals surface area (Å²) in [4.78, 5) is 16.1. The molecule has 3 rings (SSSR count). The highest BCUT2D eigenvalue weighted by Gasteiger charge is 2.33. The molecule has 0 aliphatic carbocycles. The van der Waals surface area contributed by atoms with E-state index in [1.165, 1.54) is 10.9 Å². The van der Waals surface area contributed by atoms with E-state index in [1.807, 2.05) is 0 Å². The van der Waals surface area contributed by atoms with Crippen LogP contribution in [0.25, 0.3) is 10.9 Å². The molecule has 9 heteroatoms. The fourth-order valence-corrected chi connectivity index (χ4v) is 4.78. The standard InChI is InChI=1S/C18H20N4O4S/c1-10-7-8-13-6-5-9-19-15(13)17(10)27(25,26)21-16(18(23)24)14-11(2)20-22(4)12(14)3/h5-9,16,21H,1-4H3,(H,23,24). The number of carboxylic acids is 1. The molecule has 27 heavy (non-hydrogen) atoms. The number of carbonyl (C=O) groups is 1. The Bertz CT molecular complexity index is 1150. The van der Waals surface area contributed by atoms with Gasteiger partial charge < -0.3 is 5.11 Å². The van der Waals surface area contributed by atoms with Crippen LogP contribution in [0.15, 0.2) is 35.4 Å². The molecule has 8 nitrogen and oxygen atoms in total. The number of benzene rings is 1. The highest BCUT2D eigenvalue weighted by molar-refractivity contribution is 7.89. The lowest BCUT2D eigenvalue weighted by Gasteiger charge is -2.17. The zero-order chi connectivity index (χ0) is 19.9.